The van der Waals surface area contributed by atoms with Gasteiger partial charge in [0.1, 0.15) is 5.60 Å². The highest BCUT2D eigenvalue weighted by atomic mass is 16.6. The zero-order chi connectivity index (χ0) is 17.4. The molecule has 1 amide bonds. The molecule has 0 spiro atoms. The van der Waals surface area contributed by atoms with Crippen LogP contribution in [0, 0.1) is 0 Å². The van der Waals surface area contributed by atoms with Crippen molar-refractivity contribution in [2.24, 2.45) is 5.73 Å². The van der Waals surface area contributed by atoms with Crippen LogP contribution in [-0.4, -0.2) is 77.1 Å². The van der Waals surface area contributed by atoms with Crippen LogP contribution in [0.4, 0.5) is 4.79 Å². The van der Waals surface area contributed by atoms with Crippen LogP contribution in [0.3, 0.4) is 0 Å². The summed E-state index contributed by atoms with van der Waals surface area (Å²) in [5.74, 6) is 0. The van der Waals surface area contributed by atoms with E-state index in [1.807, 2.05) is 20.8 Å². The monoisotopic (exact) mass is 332 g/mol. The minimum atomic E-state index is -0.448. The first kappa shape index (κ1) is 22.1. The van der Waals surface area contributed by atoms with Crippen LogP contribution >= 0.6 is 0 Å². The van der Waals surface area contributed by atoms with Gasteiger partial charge >= 0.3 is 6.09 Å². The number of amides is 1. The summed E-state index contributed by atoms with van der Waals surface area (Å²) in [6.07, 6.45) is -0.371. The first-order valence-electron chi connectivity index (χ1n) is 8.45. The summed E-state index contributed by atoms with van der Waals surface area (Å²) in [7, 11) is 0. The van der Waals surface area contributed by atoms with Gasteiger partial charge in [-0.3, -0.25) is 0 Å². The molecule has 8 heteroatoms. The van der Waals surface area contributed by atoms with Crippen molar-refractivity contribution in [2.75, 3.05) is 65.4 Å². The molecule has 7 N–H and O–H groups in total. The Kier molecular flexibility index (Phi) is 14.1. The SMILES string of the molecule is CC(C)(C)OC(=O)NCCNCCNCCNCCNCCN. The molecule has 0 saturated carbocycles. The van der Waals surface area contributed by atoms with E-state index in [4.69, 9.17) is 10.5 Å². The van der Waals surface area contributed by atoms with E-state index in [9.17, 15) is 4.79 Å². The number of alkyl carbamates (subject to hydrolysis) is 1. The summed E-state index contributed by atoms with van der Waals surface area (Å²) in [5.41, 5.74) is 4.93. The van der Waals surface area contributed by atoms with Gasteiger partial charge in [0, 0.05) is 65.4 Å². The highest BCUT2D eigenvalue weighted by molar-refractivity contribution is 5.67. The molecule has 0 bridgehead atoms. The van der Waals surface area contributed by atoms with Crippen LogP contribution in [0.25, 0.3) is 0 Å². The second-order valence-electron chi connectivity index (χ2n) is 6.22. The van der Waals surface area contributed by atoms with Gasteiger partial charge < -0.3 is 37.1 Å². The van der Waals surface area contributed by atoms with Gasteiger partial charge in [0.2, 0.25) is 0 Å². The van der Waals surface area contributed by atoms with Gasteiger partial charge in [0.15, 0.2) is 0 Å². The Morgan fingerprint density at radius 3 is 1.57 bits per heavy atom. The molecule has 0 heterocycles. The van der Waals surface area contributed by atoms with Crippen LogP contribution in [0.5, 0.6) is 0 Å². The van der Waals surface area contributed by atoms with Crippen molar-refractivity contribution in [3.63, 3.8) is 0 Å². The molecule has 23 heavy (non-hydrogen) atoms. The van der Waals surface area contributed by atoms with E-state index < -0.39 is 5.60 Å². The van der Waals surface area contributed by atoms with Crippen molar-refractivity contribution >= 4 is 6.09 Å². The largest absolute Gasteiger partial charge is 0.444 e. The summed E-state index contributed by atoms with van der Waals surface area (Å²) in [4.78, 5) is 11.4. The zero-order valence-corrected chi connectivity index (χ0v) is 15.0. The number of rotatable bonds is 14. The van der Waals surface area contributed by atoms with Crippen molar-refractivity contribution < 1.29 is 9.53 Å². The quantitative estimate of drug-likeness (QED) is 0.222. The molecule has 0 atom stereocenters. The van der Waals surface area contributed by atoms with Crippen LogP contribution < -0.4 is 32.3 Å². The second-order valence-corrected chi connectivity index (χ2v) is 6.22. The fourth-order valence-corrected chi connectivity index (χ4v) is 1.70. The van der Waals surface area contributed by atoms with Gasteiger partial charge in [-0.15, -0.1) is 0 Å². The fraction of sp³-hybridized carbons (Fsp3) is 0.933. The Balaban J connectivity index is 3.15. The van der Waals surface area contributed by atoms with Gasteiger partial charge in [0.05, 0.1) is 0 Å². The van der Waals surface area contributed by atoms with Gasteiger partial charge in [-0.05, 0) is 20.8 Å². The molecule has 0 unspecified atom stereocenters. The number of nitrogens with two attached hydrogens (primary N) is 1. The van der Waals surface area contributed by atoms with Crippen molar-refractivity contribution in [3.05, 3.63) is 0 Å². The molecule has 0 aliphatic carbocycles. The maximum absolute atomic E-state index is 11.4. The zero-order valence-electron chi connectivity index (χ0n) is 15.0. The Bertz CT molecular complexity index is 284. The predicted molar refractivity (Wildman–Crippen MR) is 94.8 cm³/mol. The topological polar surface area (TPSA) is 112 Å². The molecule has 0 fully saturated rings. The highest BCUT2D eigenvalue weighted by Gasteiger charge is 2.15. The first-order valence-corrected chi connectivity index (χ1v) is 8.45. The number of hydrogen-bond donors (Lipinski definition) is 6. The van der Waals surface area contributed by atoms with Crippen molar-refractivity contribution in [1.82, 2.24) is 26.6 Å². The average molecular weight is 332 g/mol. The van der Waals surface area contributed by atoms with Gasteiger partial charge in [0.25, 0.3) is 0 Å². The number of hydrogen-bond acceptors (Lipinski definition) is 7. The van der Waals surface area contributed by atoms with Crippen LogP contribution in [0.1, 0.15) is 20.8 Å². The van der Waals surface area contributed by atoms with Crippen molar-refractivity contribution in [3.8, 4) is 0 Å². The summed E-state index contributed by atoms with van der Waals surface area (Å²) in [6.45, 7) is 14.0. The van der Waals surface area contributed by atoms with E-state index in [2.05, 4.69) is 26.6 Å². The third kappa shape index (κ3) is 19.0. The minimum absolute atomic E-state index is 0.371. The third-order valence-electron chi connectivity index (χ3n) is 2.73. The molecule has 0 aliphatic heterocycles. The van der Waals surface area contributed by atoms with Gasteiger partial charge in [-0.25, -0.2) is 4.79 Å². The molecular weight excluding hydrogens is 296 g/mol. The summed E-state index contributed by atoms with van der Waals surface area (Å²) >= 11 is 0. The second kappa shape index (κ2) is 14.6. The van der Waals surface area contributed by atoms with Gasteiger partial charge in [-0.2, -0.15) is 0 Å². The number of nitrogens with one attached hydrogen (secondary N) is 5. The highest BCUT2D eigenvalue weighted by Crippen LogP contribution is 2.05. The molecule has 0 saturated heterocycles. The maximum Gasteiger partial charge on any atom is 0.407 e. The van der Waals surface area contributed by atoms with Crippen LogP contribution in [0.15, 0.2) is 0 Å². The summed E-state index contributed by atoms with van der Waals surface area (Å²) < 4.78 is 5.14. The smallest absolute Gasteiger partial charge is 0.407 e. The Morgan fingerprint density at radius 2 is 1.17 bits per heavy atom. The summed E-state index contributed by atoms with van der Waals surface area (Å²) in [5, 5.41) is 15.9. The van der Waals surface area contributed by atoms with E-state index >= 15 is 0 Å². The van der Waals surface area contributed by atoms with Crippen molar-refractivity contribution in [2.45, 2.75) is 26.4 Å². The van der Waals surface area contributed by atoms with Gasteiger partial charge in [-0.1, -0.05) is 0 Å². The van der Waals surface area contributed by atoms with E-state index in [1.165, 1.54) is 0 Å². The maximum atomic E-state index is 11.4. The fourth-order valence-electron chi connectivity index (χ4n) is 1.70. The lowest BCUT2D eigenvalue weighted by atomic mass is 10.2. The summed E-state index contributed by atoms with van der Waals surface area (Å²) in [6, 6.07) is 0. The molecule has 138 valence electrons. The first-order chi connectivity index (χ1) is 11.0. The molecule has 0 radical (unpaired) electrons. The van der Waals surface area contributed by atoms with E-state index in [0.717, 1.165) is 52.4 Å². The predicted octanol–water partition coefficient (Wildman–Crippen LogP) is -1.17. The molecule has 0 aromatic rings. The molecule has 0 rings (SSSR count). The number of ether oxygens (including phenoxy) is 1. The van der Waals surface area contributed by atoms with E-state index in [0.29, 0.717) is 13.1 Å². The third-order valence-corrected chi connectivity index (χ3v) is 2.73. The van der Waals surface area contributed by atoms with E-state index in [1.54, 1.807) is 0 Å². The van der Waals surface area contributed by atoms with Crippen LogP contribution in [-0.2, 0) is 4.74 Å². The average Bonchev–Trinajstić information content (AvgIpc) is 2.46. The lowest BCUT2D eigenvalue weighted by Gasteiger charge is -2.19. The molecule has 0 aliphatic rings. The van der Waals surface area contributed by atoms with E-state index in [-0.39, 0.29) is 6.09 Å². The Labute approximate surface area is 140 Å². The minimum Gasteiger partial charge on any atom is -0.444 e. The normalized spacial score (nSPS) is 11.5. The van der Waals surface area contributed by atoms with Crippen LogP contribution in [0.2, 0.25) is 0 Å². The number of carbonyl (C=O) groups excluding carboxylic acids is 1. The molecule has 0 aromatic heterocycles. The number of carbonyl (C=O) groups is 1. The lowest BCUT2D eigenvalue weighted by Crippen LogP contribution is -2.38. The standard InChI is InChI=1S/C15H36N6O2/c1-15(2,3)23-14(22)21-13-12-20-11-10-19-9-8-18-7-6-17-5-4-16/h17-20H,4-13,16H2,1-3H3,(H,21,22). The molecule has 0 aromatic carbocycles. The lowest BCUT2D eigenvalue weighted by molar-refractivity contribution is 0.0528. The molecular formula is C15H36N6O2. The Morgan fingerprint density at radius 1 is 0.783 bits per heavy atom. The van der Waals surface area contributed by atoms with Crippen molar-refractivity contribution in [1.29, 1.82) is 0 Å². The Hall–Kier alpha value is -0.930. The molecule has 8 nitrogen and oxygen atoms in total.